The Morgan fingerprint density at radius 1 is 0.455 bits per heavy atom. The van der Waals surface area contributed by atoms with Gasteiger partial charge in [0.25, 0.3) is 16.6 Å². The van der Waals surface area contributed by atoms with Crippen LogP contribution in [0.4, 0.5) is 24.0 Å². The average Bonchev–Trinajstić information content (AvgIpc) is 1.26. The van der Waals surface area contributed by atoms with E-state index in [9.17, 15) is 29.4 Å². The first-order valence-electron chi connectivity index (χ1n) is 44.8. The van der Waals surface area contributed by atoms with Crippen LogP contribution >= 0.6 is 0 Å². The van der Waals surface area contributed by atoms with E-state index in [1.807, 2.05) is 220 Å². The molecule has 2 unspecified atom stereocenters. The number of alkyl carbamates (subject to hydrolysis) is 4. The highest BCUT2D eigenvalue weighted by Gasteiger charge is 2.64. The minimum atomic E-state index is -4.23. The maximum absolute atomic E-state index is 15.1. The van der Waals surface area contributed by atoms with Gasteiger partial charge in [0, 0.05) is 17.0 Å². The Morgan fingerprint density at radius 3 is 1.34 bits per heavy atom. The second kappa shape index (κ2) is 41.3. The smallest absolute Gasteiger partial charge is 0.412 e. The Balaban J connectivity index is 0.821. The number of ether oxygens (including phenoxy) is 14. The summed E-state index contributed by atoms with van der Waals surface area (Å²) in [5, 5.41) is 39.8. The molecule has 6 saturated heterocycles. The monoisotopic (exact) mass is 1830 g/mol. The van der Waals surface area contributed by atoms with Crippen molar-refractivity contribution in [1.29, 1.82) is 0 Å². The molecule has 6 aliphatic heterocycles. The number of rotatable bonds is 29. The molecule has 7 aliphatic rings. The summed E-state index contributed by atoms with van der Waals surface area (Å²) in [6.07, 6.45) is -27.6. The summed E-state index contributed by atoms with van der Waals surface area (Å²) in [5.74, 6) is -1.22. The highest BCUT2D eigenvalue weighted by molar-refractivity contribution is 6.99. The van der Waals surface area contributed by atoms with Crippen molar-refractivity contribution in [3.8, 4) is 0 Å². The third-order valence-corrected chi connectivity index (χ3v) is 35.4. The number of aliphatic hydroxyl groups excluding tert-OH is 2. The van der Waals surface area contributed by atoms with Crippen LogP contribution in [0.15, 0.2) is 303 Å². The summed E-state index contributed by atoms with van der Waals surface area (Å²) < 4.78 is 104. The van der Waals surface area contributed by atoms with Gasteiger partial charge < -0.3 is 107 Å². The highest BCUT2D eigenvalue weighted by Crippen LogP contribution is 2.51. The molecule has 5 amide bonds. The number of hydrogen-bond donors (Lipinski definition) is 7. The van der Waals surface area contributed by atoms with Gasteiger partial charge in [0.05, 0.1) is 37.9 Å². The highest BCUT2D eigenvalue weighted by atomic mass is 28.4. The van der Waals surface area contributed by atoms with Crippen molar-refractivity contribution in [2.24, 2.45) is 5.92 Å². The van der Waals surface area contributed by atoms with E-state index < -0.39 is 186 Å². The third kappa shape index (κ3) is 20.5. The first-order chi connectivity index (χ1) is 64.0. The van der Waals surface area contributed by atoms with Gasteiger partial charge in [-0.15, -0.1) is 0 Å². The van der Waals surface area contributed by atoms with E-state index in [1.54, 1.807) is 72.8 Å². The SMILES string of the molecule is CC(C)(C[C@H]1[C@H](O[C@@H]2[C@H]3OC(=O)N[C@@H]3C[C@H](NC(=O)OCc3ccccc3)[C@H]2O[C@H]2O[C@@H]3COC(c4ccccc4)O[C@H]3[C@H](O)[C@H]2NC(=O)OCc2ccccc2)O[C@H](CO[Si](c2ccccc2)(c2ccccc2)C(C)(C)C)[C@H]1O[C@H]1O[C@H]2CN(C(=O)OCc3ccccc3)C(c3ccccc3)O[C@H]2[C@H](O)[C@H]1NC(=O)OCc1ccccc1)[Si](O)(c1ccccc1)c1ccccc1. The number of nitrogens with zero attached hydrogens (tertiary/aromatic N) is 1. The number of amides is 5. The summed E-state index contributed by atoms with van der Waals surface area (Å²) in [6, 6.07) is 87.8. The van der Waals surface area contributed by atoms with Gasteiger partial charge in [-0.1, -0.05) is 338 Å². The van der Waals surface area contributed by atoms with Crippen LogP contribution in [-0.4, -0.2) is 197 Å². The van der Waals surface area contributed by atoms with Gasteiger partial charge in [-0.25, -0.2) is 24.0 Å². The normalized spacial score (nSPS) is 27.6. The first-order valence-corrected chi connectivity index (χ1v) is 48.7. The zero-order valence-corrected chi connectivity index (χ0v) is 75.8. The molecule has 0 spiro atoms. The average molecular weight is 1830 g/mol. The Morgan fingerprint density at radius 2 is 0.864 bits per heavy atom. The molecule has 0 radical (unpaired) electrons. The van der Waals surface area contributed by atoms with Crippen LogP contribution in [0.3, 0.4) is 0 Å². The predicted octanol–water partition coefficient (Wildman–Crippen LogP) is 11.8. The van der Waals surface area contributed by atoms with Crippen molar-refractivity contribution in [2.45, 2.75) is 207 Å². The van der Waals surface area contributed by atoms with Gasteiger partial charge in [-0.2, -0.15) is 0 Å². The summed E-state index contributed by atoms with van der Waals surface area (Å²) >= 11 is 0. The molecule has 0 aromatic heterocycles. The van der Waals surface area contributed by atoms with Crippen molar-refractivity contribution in [1.82, 2.24) is 26.2 Å². The summed E-state index contributed by atoms with van der Waals surface area (Å²) in [7, 11) is -7.92. The van der Waals surface area contributed by atoms with Crippen LogP contribution in [0.2, 0.25) is 10.1 Å². The second-order valence-electron chi connectivity index (χ2n) is 35.9. The van der Waals surface area contributed by atoms with Crippen LogP contribution in [-0.2, 0) is 97.2 Å². The molecule has 1 saturated carbocycles. The molecular formula is C102H111N5O23Si2. The molecule has 30 heteroatoms. The van der Waals surface area contributed by atoms with E-state index in [2.05, 4.69) is 66.3 Å². The maximum Gasteiger partial charge on any atom is 0.412 e. The number of carbonyl (C=O) groups is 5. The lowest BCUT2D eigenvalue weighted by molar-refractivity contribution is -0.357. The lowest BCUT2D eigenvalue weighted by Gasteiger charge is -2.51. The van der Waals surface area contributed by atoms with Crippen LogP contribution < -0.4 is 42.0 Å². The second-order valence-corrected chi connectivity index (χ2v) is 44.2. The number of hydrogen-bond acceptors (Lipinski definition) is 23. The van der Waals surface area contributed by atoms with E-state index in [0.717, 1.165) is 10.4 Å². The zero-order valence-electron chi connectivity index (χ0n) is 73.8. The number of benzene rings is 10. The fourth-order valence-electron chi connectivity index (χ4n) is 19.4. The predicted molar refractivity (Wildman–Crippen MR) is 488 cm³/mol. The van der Waals surface area contributed by atoms with E-state index in [1.165, 1.54) is 4.90 Å². The number of aliphatic hydroxyl groups is 2. The van der Waals surface area contributed by atoms with Crippen LogP contribution in [0.1, 0.15) is 93.4 Å². The van der Waals surface area contributed by atoms with Crippen molar-refractivity contribution < 1.29 is 110 Å². The van der Waals surface area contributed by atoms with Crippen molar-refractivity contribution in [2.75, 3.05) is 19.8 Å². The molecule has 690 valence electrons. The molecule has 6 heterocycles. The minimum Gasteiger partial charge on any atom is -0.445 e. The lowest BCUT2D eigenvalue weighted by Crippen LogP contribution is -2.70. The van der Waals surface area contributed by atoms with Crippen molar-refractivity contribution in [3.63, 3.8) is 0 Å². The Labute approximate surface area is 768 Å². The van der Waals surface area contributed by atoms with E-state index in [4.69, 9.17) is 70.7 Å². The Hall–Kier alpha value is -11.5. The molecule has 132 heavy (non-hydrogen) atoms. The van der Waals surface area contributed by atoms with Gasteiger partial charge in [0.1, 0.15) is 93.4 Å². The Bertz CT molecular complexity index is 5360. The fraction of sp³-hybridized carbons (Fsp3) is 0.363. The number of nitrogens with one attached hydrogen (secondary N) is 4. The molecule has 28 nitrogen and oxygen atoms in total. The summed E-state index contributed by atoms with van der Waals surface area (Å²) in [6.45, 7) is 8.92. The largest absolute Gasteiger partial charge is 0.445 e. The molecule has 10 aromatic rings. The van der Waals surface area contributed by atoms with Crippen molar-refractivity contribution >= 4 is 67.8 Å². The van der Waals surface area contributed by atoms with Gasteiger partial charge in [0.2, 0.25) is 0 Å². The lowest BCUT2D eigenvalue weighted by atomic mass is 9.83. The minimum absolute atomic E-state index is 0.0913. The number of fused-ring (bicyclic) bond motifs is 3. The zero-order chi connectivity index (χ0) is 91.5. The summed E-state index contributed by atoms with van der Waals surface area (Å²) in [4.78, 5) is 90.2. The van der Waals surface area contributed by atoms with Gasteiger partial charge in [-0.3, -0.25) is 4.90 Å². The van der Waals surface area contributed by atoms with Gasteiger partial charge in [-0.05, 0) is 65.9 Å². The topological polar surface area (TPSA) is 336 Å². The summed E-state index contributed by atoms with van der Waals surface area (Å²) in [5.41, 5.74) is 3.86. The maximum atomic E-state index is 15.1. The third-order valence-electron chi connectivity index (χ3n) is 25.9. The molecule has 1 aliphatic carbocycles. The quantitative estimate of drug-likeness (QED) is 0.0169. The van der Waals surface area contributed by atoms with Crippen LogP contribution in [0.25, 0.3) is 0 Å². The Kier molecular flexibility index (Phi) is 28.9. The molecule has 17 rings (SSSR count). The van der Waals surface area contributed by atoms with Crippen LogP contribution in [0, 0.1) is 5.92 Å². The van der Waals surface area contributed by atoms with E-state index in [-0.39, 0.29) is 59.0 Å². The molecule has 10 aromatic carbocycles. The standard InChI is InChI=1S/C102H111N5O23Si2/c1-101(2,3)132(73-52-32-14-33-53-73,74-54-34-15-35-55-74)121-64-80-85(126-94-81(105-97(111)118-60-66-38-18-7-19-39-66)83(108)88-78(122-94)58-107(91(125-88)69-44-24-10-25-45-69)100(114)120-62-68-42-22-9-23-43-68)75(57-102(4,5)131(115,71-48-28-12-29-49-71)72-50-30-13-31-51-72)93(123-80)129-90-86(76(56-77-87(90)130-99(113)104-77)103-96(110)117-59-65-36-16-6-17-37-65)127-95-82(106-98(112)119-61-67-40-20-8-21-41-67)84(109)89-79(124-95)63-116-92(128-89)70-46-26-11-27-47-70/h6-55,75-95,108-109,115H,56-64H2,1-5H3,(H,103,110)(H,104,113)(H,105,111)(H,106,112)/t75-,76+,77-,78+,79-,80-,81-,82-,83-,84-,85+,86-,87+,88-,89-,90+,91?,92?,93+,94-,95-/m1/s1. The van der Waals surface area contributed by atoms with E-state index in [0.29, 0.717) is 43.8 Å². The molecule has 0 bridgehead atoms. The fourth-order valence-corrected chi connectivity index (χ4v) is 27.8. The first kappa shape index (κ1) is 92.3. The van der Waals surface area contributed by atoms with Crippen molar-refractivity contribution in [3.05, 3.63) is 337 Å². The molecule has 21 atom stereocenters. The van der Waals surface area contributed by atoms with Gasteiger partial charge >= 0.3 is 30.5 Å². The molecular weight excluding hydrogens is 1720 g/mol. The van der Waals surface area contributed by atoms with E-state index >= 15 is 9.59 Å². The number of carbonyl (C=O) groups excluding carboxylic acids is 5. The molecule has 7 N–H and O–H groups in total. The molecule has 7 fully saturated rings. The van der Waals surface area contributed by atoms with Crippen LogP contribution in [0.5, 0.6) is 0 Å². The van der Waals surface area contributed by atoms with Gasteiger partial charge in [0.15, 0.2) is 37.5 Å².